The van der Waals surface area contributed by atoms with Crippen molar-refractivity contribution < 1.29 is 28.5 Å². The molecule has 0 atom stereocenters. The number of benzene rings is 4. The fourth-order valence-electron chi connectivity index (χ4n) is 4.96. The van der Waals surface area contributed by atoms with Crippen LogP contribution in [-0.2, 0) is 19.1 Å². The quantitative estimate of drug-likeness (QED) is 0.0681. The van der Waals surface area contributed by atoms with Crippen molar-refractivity contribution in [2.24, 2.45) is 0 Å². The normalized spacial score (nSPS) is 10.7. The summed E-state index contributed by atoms with van der Waals surface area (Å²) in [6.07, 6.45) is 7.51. The fourth-order valence-corrected chi connectivity index (χ4v) is 4.96. The van der Waals surface area contributed by atoms with Gasteiger partial charge in [-0.15, -0.1) is 0 Å². The van der Waals surface area contributed by atoms with Crippen molar-refractivity contribution in [1.29, 1.82) is 0 Å². The summed E-state index contributed by atoms with van der Waals surface area (Å²) in [7, 11) is 0. The first-order chi connectivity index (χ1) is 22.7. The Labute approximate surface area is 273 Å². The van der Waals surface area contributed by atoms with Crippen LogP contribution in [0.25, 0.3) is 22.3 Å². The smallest absolute Gasteiger partial charge is 0.306 e. The van der Waals surface area contributed by atoms with Gasteiger partial charge >= 0.3 is 11.9 Å². The minimum absolute atomic E-state index is 0.0550. The first-order valence-electron chi connectivity index (χ1n) is 16.6. The Balaban J connectivity index is 0.908. The van der Waals surface area contributed by atoms with Crippen LogP contribution in [0.2, 0.25) is 0 Å². The summed E-state index contributed by atoms with van der Waals surface area (Å²) in [5.41, 5.74) is 4.73. The molecule has 0 saturated heterocycles. The Morgan fingerprint density at radius 1 is 0.370 bits per heavy atom. The van der Waals surface area contributed by atoms with Gasteiger partial charge in [-0.2, -0.15) is 0 Å². The van der Waals surface area contributed by atoms with E-state index in [-0.39, 0.29) is 24.8 Å². The third-order valence-corrected chi connectivity index (χ3v) is 7.60. The predicted octanol–water partition coefficient (Wildman–Crippen LogP) is 9.47. The molecule has 46 heavy (non-hydrogen) atoms. The van der Waals surface area contributed by atoms with Gasteiger partial charge in [0.05, 0.1) is 39.3 Å². The molecule has 0 amide bonds. The molecule has 0 aromatic heterocycles. The van der Waals surface area contributed by atoms with Crippen LogP contribution in [-0.4, -0.2) is 38.4 Å². The van der Waals surface area contributed by atoms with Crippen molar-refractivity contribution in [2.75, 3.05) is 26.4 Å². The predicted molar refractivity (Wildman–Crippen MR) is 183 cm³/mol. The molecule has 0 aliphatic carbocycles. The average Bonchev–Trinajstić information content (AvgIpc) is 3.11. The van der Waals surface area contributed by atoms with Gasteiger partial charge in [0.15, 0.2) is 0 Å². The Hall–Kier alpha value is -4.58. The Morgan fingerprint density at radius 2 is 0.696 bits per heavy atom. The SMILES string of the molecule is O=C(CCC(=O)OCCCCCCOc1ccc(-c2ccccc2)cc1)OCCCCCCOc1ccc(-c2ccccc2)cc1. The van der Waals surface area contributed by atoms with Gasteiger partial charge in [-0.3, -0.25) is 9.59 Å². The lowest BCUT2D eigenvalue weighted by molar-refractivity contribution is -0.150. The van der Waals surface area contributed by atoms with Gasteiger partial charge in [0.2, 0.25) is 0 Å². The van der Waals surface area contributed by atoms with Crippen molar-refractivity contribution >= 4 is 11.9 Å². The third-order valence-electron chi connectivity index (χ3n) is 7.60. The molecule has 0 aliphatic heterocycles. The number of carbonyl (C=O) groups is 2. The molecule has 0 saturated carbocycles. The van der Waals surface area contributed by atoms with Gasteiger partial charge in [-0.05, 0) is 97.9 Å². The number of unbranched alkanes of at least 4 members (excludes halogenated alkanes) is 6. The summed E-state index contributed by atoms with van der Waals surface area (Å²) in [5.74, 6) is 1.04. The highest BCUT2D eigenvalue weighted by atomic mass is 16.5. The third kappa shape index (κ3) is 13.2. The van der Waals surface area contributed by atoms with E-state index >= 15 is 0 Å². The van der Waals surface area contributed by atoms with Crippen molar-refractivity contribution in [3.63, 3.8) is 0 Å². The Bertz CT molecular complexity index is 1290. The first-order valence-corrected chi connectivity index (χ1v) is 16.6. The van der Waals surface area contributed by atoms with E-state index in [0.29, 0.717) is 26.4 Å². The summed E-state index contributed by atoms with van der Waals surface area (Å²) < 4.78 is 22.2. The molecule has 0 heterocycles. The maximum Gasteiger partial charge on any atom is 0.306 e. The van der Waals surface area contributed by atoms with Crippen LogP contribution in [0.15, 0.2) is 109 Å². The number of rotatable bonds is 21. The molecule has 4 rings (SSSR count). The Morgan fingerprint density at radius 3 is 1.07 bits per heavy atom. The van der Waals surface area contributed by atoms with Crippen molar-refractivity contribution in [2.45, 2.75) is 64.2 Å². The highest BCUT2D eigenvalue weighted by Crippen LogP contribution is 2.23. The van der Waals surface area contributed by atoms with Gasteiger partial charge in [0.25, 0.3) is 0 Å². The lowest BCUT2D eigenvalue weighted by atomic mass is 10.1. The van der Waals surface area contributed by atoms with Crippen LogP contribution in [0, 0.1) is 0 Å². The van der Waals surface area contributed by atoms with Gasteiger partial charge in [0, 0.05) is 0 Å². The molecule has 0 unspecified atom stereocenters. The molecule has 242 valence electrons. The van der Waals surface area contributed by atoms with Gasteiger partial charge < -0.3 is 18.9 Å². The van der Waals surface area contributed by atoms with E-state index in [2.05, 4.69) is 48.5 Å². The highest BCUT2D eigenvalue weighted by molar-refractivity contribution is 5.77. The molecule has 0 aliphatic rings. The maximum absolute atomic E-state index is 12.0. The topological polar surface area (TPSA) is 71.1 Å². The zero-order chi connectivity index (χ0) is 32.1. The van der Waals surface area contributed by atoms with E-state index in [4.69, 9.17) is 18.9 Å². The van der Waals surface area contributed by atoms with E-state index in [1.54, 1.807) is 0 Å². The van der Waals surface area contributed by atoms with Crippen molar-refractivity contribution in [3.8, 4) is 33.8 Å². The zero-order valence-electron chi connectivity index (χ0n) is 26.7. The highest BCUT2D eigenvalue weighted by Gasteiger charge is 2.09. The average molecular weight is 623 g/mol. The molecule has 4 aromatic rings. The van der Waals surface area contributed by atoms with Crippen LogP contribution in [0.3, 0.4) is 0 Å². The van der Waals surface area contributed by atoms with Gasteiger partial charge in [0.1, 0.15) is 11.5 Å². The van der Waals surface area contributed by atoms with Crippen LogP contribution in [0.4, 0.5) is 0 Å². The fraction of sp³-hybridized carbons (Fsp3) is 0.350. The molecular formula is C40H46O6. The number of hydrogen-bond donors (Lipinski definition) is 0. The van der Waals surface area contributed by atoms with Crippen LogP contribution in [0.5, 0.6) is 11.5 Å². The van der Waals surface area contributed by atoms with Gasteiger partial charge in [-0.1, -0.05) is 84.9 Å². The van der Waals surface area contributed by atoms with Crippen molar-refractivity contribution in [1.82, 2.24) is 0 Å². The van der Waals surface area contributed by atoms with Crippen LogP contribution >= 0.6 is 0 Å². The van der Waals surface area contributed by atoms with E-state index in [1.807, 2.05) is 60.7 Å². The molecule has 0 spiro atoms. The molecule has 6 nitrogen and oxygen atoms in total. The number of ether oxygens (including phenoxy) is 4. The van der Waals surface area contributed by atoms with E-state index in [9.17, 15) is 9.59 Å². The summed E-state index contributed by atoms with van der Waals surface area (Å²) >= 11 is 0. The second kappa shape index (κ2) is 20.5. The molecule has 0 radical (unpaired) electrons. The Kier molecular flexibility index (Phi) is 15.2. The monoisotopic (exact) mass is 622 g/mol. The minimum atomic E-state index is -0.353. The number of hydrogen-bond acceptors (Lipinski definition) is 6. The number of esters is 2. The lowest BCUT2D eigenvalue weighted by Gasteiger charge is -2.08. The summed E-state index contributed by atoms with van der Waals surface area (Å²) in [4.78, 5) is 23.9. The van der Waals surface area contributed by atoms with Crippen molar-refractivity contribution in [3.05, 3.63) is 109 Å². The van der Waals surface area contributed by atoms with E-state index < -0.39 is 0 Å². The second-order valence-electron chi connectivity index (χ2n) is 11.2. The largest absolute Gasteiger partial charge is 0.494 e. The molecule has 4 aromatic carbocycles. The molecular weight excluding hydrogens is 576 g/mol. The molecule has 6 heteroatoms. The summed E-state index contributed by atoms with van der Waals surface area (Å²) in [6, 6.07) is 36.9. The number of carbonyl (C=O) groups excluding carboxylic acids is 2. The lowest BCUT2D eigenvalue weighted by Crippen LogP contribution is -2.11. The minimum Gasteiger partial charge on any atom is -0.494 e. The van der Waals surface area contributed by atoms with E-state index in [0.717, 1.165) is 62.9 Å². The molecule has 0 N–H and O–H groups in total. The van der Waals surface area contributed by atoms with E-state index in [1.165, 1.54) is 22.3 Å². The maximum atomic E-state index is 12.0. The van der Waals surface area contributed by atoms with Crippen LogP contribution in [0.1, 0.15) is 64.2 Å². The summed E-state index contributed by atoms with van der Waals surface area (Å²) in [5, 5.41) is 0. The molecule has 0 bridgehead atoms. The first kappa shape index (κ1) is 34.3. The molecule has 0 fully saturated rings. The summed E-state index contributed by atoms with van der Waals surface area (Å²) in [6.45, 7) is 2.06. The van der Waals surface area contributed by atoms with Crippen LogP contribution < -0.4 is 9.47 Å². The van der Waals surface area contributed by atoms with Gasteiger partial charge in [-0.25, -0.2) is 0 Å². The second-order valence-corrected chi connectivity index (χ2v) is 11.2. The zero-order valence-corrected chi connectivity index (χ0v) is 26.7. The standard InChI is InChI=1S/C40H46O6/c41-39(45-31-13-3-1-11-29-43-37-23-19-35(20-24-37)33-15-7-5-8-16-33)27-28-40(42)46-32-14-4-2-12-30-44-38-25-21-36(22-26-38)34-17-9-6-10-18-34/h5-10,15-26H,1-4,11-14,27-32H2.